The van der Waals surface area contributed by atoms with Crippen molar-refractivity contribution in [2.24, 2.45) is 0 Å². The third-order valence-electron chi connectivity index (χ3n) is 4.23. The third kappa shape index (κ3) is 3.39. The lowest BCUT2D eigenvalue weighted by molar-refractivity contribution is -0.384. The van der Waals surface area contributed by atoms with E-state index >= 15 is 0 Å². The number of nitrogens with zero attached hydrogens (tertiary/aromatic N) is 3. The van der Waals surface area contributed by atoms with Gasteiger partial charge in [0.2, 0.25) is 0 Å². The van der Waals surface area contributed by atoms with Crippen LogP contribution in [0.1, 0.15) is 12.5 Å². The first kappa shape index (κ1) is 17.2. The molecular formula is C19H16N4O3. The molecule has 130 valence electrons. The maximum Gasteiger partial charge on any atom is 0.269 e. The number of benzene rings is 2. The van der Waals surface area contributed by atoms with Crippen LogP contribution in [-0.4, -0.2) is 16.9 Å². The van der Waals surface area contributed by atoms with E-state index < -0.39 is 10.8 Å². The Labute approximate surface area is 150 Å². The fraction of sp³-hybridized carbons (Fsp3) is 0.158. The molecule has 7 heteroatoms. The number of carbonyl (C=O) groups is 1. The standard InChI is InChI=1S/C19H16N4O3/c1-13-10-14-4-2-3-5-18(14)22(13)12-15(11-20)19(24)21-16-6-8-17(9-7-16)23(25)26/h2-9,12-13H,10H2,1H3,(H,21,24)/b15-12-. The molecule has 2 aromatic rings. The van der Waals surface area contributed by atoms with Gasteiger partial charge in [0.25, 0.3) is 11.6 Å². The molecule has 1 atom stereocenters. The Bertz CT molecular complexity index is 929. The predicted molar refractivity (Wildman–Crippen MR) is 97.5 cm³/mol. The molecule has 3 rings (SSSR count). The highest BCUT2D eigenvalue weighted by atomic mass is 16.6. The van der Waals surface area contributed by atoms with Crippen LogP contribution >= 0.6 is 0 Å². The van der Waals surface area contributed by atoms with Gasteiger partial charge in [0.05, 0.1) is 4.92 Å². The number of non-ortho nitro benzene ring substituents is 1. The van der Waals surface area contributed by atoms with E-state index in [4.69, 9.17) is 0 Å². The molecule has 0 bridgehead atoms. The number of hydrogen-bond acceptors (Lipinski definition) is 5. The minimum absolute atomic E-state index is 0.0353. The Morgan fingerprint density at radius 2 is 2.00 bits per heavy atom. The van der Waals surface area contributed by atoms with E-state index in [1.165, 1.54) is 29.8 Å². The predicted octanol–water partition coefficient (Wildman–Crippen LogP) is 3.39. The molecule has 0 spiro atoms. The van der Waals surface area contributed by atoms with E-state index in [0.29, 0.717) is 5.69 Å². The number of carbonyl (C=O) groups excluding carboxylic acids is 1. The molecule has 1 aliphatic rings. The Morgan fingerprint density at radius 1 is 1.31 bits per heavy atom. The summed E-state index contributed by atoms with van der Waals surface area (Å²) in [5.74, 6) is -0.557. The number of rotatable bonds is 4. The molecule has 1 amide bonds. The van der Waals surface area contributed by atoms with Crippen molar-refractivity contribution < 1.29 is 9.72 Å². The number of para-hydroxylation sites is 1. The summed E-state index contributed by atoms with van der Waals surface area (Å²) in [7, 11) is 0. The molecule has 2 aromatic carbocycles. The minimum Gasteiger partial charge on any atom is -0.343 e. The molecule has 1 aliphatic heterocycles. The molecule has 1 N–H and O–H groups in total. The highest BCUT2D eigenvalue weighted by Crippen LogP contribution is 2.32. The van der Waals surface area contributed by atoms with Crippen molar-refractivity contribution in [2.45, 2.75) is 19.4 Å². The lowest BCUT2D eigenvalue weighted by Gasteiger charge is -2.20. The summed E-state index contributed by atoms with van der Waals surface area (Å²) in [6, 6.07) is 15.4. The van der Waals surface area contributed by atoms with E-state index in [9.17, 15) is 20.2 Å². The topological polar surface area (TPSA) is 99.3 Å². The quantitative estimate of drug-likeness (QED) is 0.395. The monoisotopic (exact) mass is 348 g/mol. The first-order valence-corrected chi connectivity index (χ1v) is 8.03. The molecule has 1 heterocycles. The zero-order chi connectivity index (χ0) is 18.7. The average molecular weight is 348 g/mol. The maximum atomic E-state index is 12.4. The van der Waals surface area contributed by atoms with Crippen LogP contribution in [0.5, 0.6) is 0 Å². The number of nitro groups is 1. The van der Waals surface area contributed by atoms with Crippen LogP contribution in [0.15, 0.2) is 60.3 Å². The van der Waals surface area contributed by atoms with E-state index in [2.05, 4.69) is 5.32 Å². The van der Waals surface area contributed by atoms with Gasteiger partial charge in [-0.2, -0.15) is 5.26 Å². The summed E-state index contributed by atoms with van der Waals surface area (Å²) < 4.78 is 0. The number of anilines is 2. The number of nitriles is 1. The van der Waals surface area contributed by atoms with Crippen LogP contribution < -0.4 is 10.2 Å². The Balaban J connectivity index is 1.80. The molecule has 0 aliphatic carbocycles. The first-order chi connectivity index (χ1) is 12.5. The third-order valence-corrected chi connectivity index (χ3v) is 4.23. The lowest BCUT2D eigenvalue weighted by atomic mass is 10.1. The second-order valence-electron chi connectivity index (χ2n) is 6.00. The van der Waals surface area contributed by atoms with Crippen molar-refractivity contribution in [1.82, 2.24) is 0 Å². The second-order valence-corrected chi connectivity index (χ2v) is 6.00. The Kier molecular flexibility index (Phi) is 4.67. The van der Waals surface area contributed by atoms with Crippen LogP contribution in [0.25, 0.3) is 0 Å². The molecule has 26 heavy (non-hydrogen) atoms. The molecule has 0 saturated carbocycles. The van der Waals surface area contributed by atoms with E-state index in [1.807, 2.05) is 42.2 Å². The van der Waals surface area contributed by atoms with E-state index in [0.717, 1.165) is 12.1 Å². The van der Waals surface area contributed by atoms with Gasteiger partial charge in [-0.05, 0) is 37.1 Å². The highest BCUT2D eigenvalue weighted by Gasteiger charge is 2.25. The van der Waals surface area contributed by atoms with Crippen molar-refractivity contribution in [1.29, 1.82) is 5.26 Å². The first-order valence-electron chi connectivity index (χ1n) is 8.03. The summed E-state index contributed by atoms with van der Waals surface area (Å²) in [6.45, 7) is 2.03. The zero-order valence-electron chi connectivity index (χ0n) is 14.0. The van der Waals surface area contributed by atoms with Gasteiger partial charge in [0.15, 0.2) is 0 Å². The van der Waals surface area contributed by atoms with Gasteiger partial charge in [-0.15, -0.1) is 0 Å². The summed E-state index contributed by atoms with van der Waals surface area (Å²) in [6.07, 6.45) is 2.40. The van der Waals surface area contributed by atoms with Crippen LogP contribution in [0, 0.1) is 21.4 Å². The Morgan fingerprint density at radius 3 is 2.65 bits per heavy atom. The van der Waals surface area contributed by atoms with Gasteiger partial charge >= 0.3 is 0 Å². The van der Waals surface area contributed by atoms with Gasteiger partial charge < -0.3 is 10.2 Å². The van der Waals surface area contributed by atoms with Crippen molar-refractivity contribution in [3.8, 4) is 6.07 Å². The number of fused-ring (bicyclic) bond motifs is 1. The number of nitrogens with one attached hydrogen (secondary N) is 1. The maximum absolute atomic E-state index is 12.4. The van der Waals surface area contributed by atoms with Crippen LogP contribution in [0.3, 0.4) is 0 Å². The second kappa shape index (κ2) is 7.07. The summed E-state index contributed by atoms with van der Waals surface area (Å²) in [4.78, 5) is 24.5. The van der Waals surface area contributed by atoms with Crippen LogP contribution in [0.2, 0.25) is 0 Å². The van der Waals surface area contributed by atoms with Gasteiger partial charge in [-0.25, -0.2) is 0 Å². The number of nitro benzene ring substituents is 1. The molecule has 0 fully saturated rings. The zero-order valence-corrected chi connectivity index (χ0v) is 14.0. The van der Waals surface area contributed by atoms with E-state index in [1.54, 1.807) is 6.20 Å². The SMILES string of the molecule is CC1Cc2ccccc2N1/C=C(/C#N)C(=O)Nc1ccc([N+](=O)[O-])cc1. The number of amides is 1. The Hall–Kier alpha value is -3.66. The summed E-state index contributed by atoms with van der Waals surface area (Å²) >= 11 is 0. The van der Waals surface area contributed by atoms with Crippen LogP contribution in [0.4, 0.5) is 17.1 Å². The lowest BCUT2D eigenvalue weighted by Crippen LogP contribution is -2.25. The molecule has 7 nitrogen and oxygen atoms in total. The highest BCUT2D eigenvalue weighted by molar-refractivity contribution is 6.06. The fourth-order valence-electron chi connectivity index (χ4n) is 2.93. The van der Waals surface area contributed by atoms with E-state index in [-0.39, 0.29) is 17.3 Å². The fourth-order valence-corrected chi connectivity index (χ4v) is 2.93. The van der Waals surface area contributed by atoms with Gasteiger partial charge in [0.1, 0.15) is 11.6 Å². The smallest absolute Gasteiger partial charge is 0.269 e. The summed E-state index contributed by atoms with van der Waals surface area (Å²) in [5, 5.41) is 22.7. The van der Waals surface area contributed by atoms with Crippen molar-refractivity contribution in [2.75, 3.05) is 10.2 Å². The molecule has 0 aromatic heterocycles. The van der Waals surface area contributed by atoms with Crippen LogP contribution in [-0.2, 0) is 11.2 Å². The summed E-state index contributed by atoms with van der Waals surface area (Å²) in [5.41, 5.74) is 2.44. The van der Waals surface area contributed by atoms with Crippen molar-refractivity contribution >= 4 is 23.0 Å². The van der Waals surface area contributed by atoms with Gasteiger partial charge in [-0.3, -0.25) is 14.9 Å². The normalized spacial score (nSPS) is 15.9. The van der Waals surface area contributed by atoms with Crippen molar-refractivity contribution in [3.63, 3.8) is 0 Å². The molecular weight excluding hydrogens is 332 g/mol. The average Bonchev–Trinajstić information content (AvgIpc) is 2.95. The molecule has 0 radical (unpaired) electrons. The number of hydrogen-bond donors (Lipinski definition) is 1. The largest absolute Gasteiger partial charge is 0.343 e. The van der Waals surface area contributed by atoms with Crippen molar-refractivity contribution in [3.05, 3.63) is 76.0 Å². The van der Waals surface area contributed by atoms with Gasteiger partial charge in [0, 0.05) is 35.7 Å². The minimum atomic E-state index is -0.557. The van der Waals surface area contributed by atoms with Gasteiger partial charge in [-0.1, -0.05) is 18.2 Å². The molecule has 0 saturated heterocycles. The molecule has 1 unspecified atom stereocenters.